The van der Waals surface area contributed by atoms with E-state index in [1.54, 1.807) is 35.8 Å². The van der Waals surface area contributed by atoms with Gasteiger partial charge in [-0.25, -0.2) is 4.68 Å². The number of rotatable bonds is 6. The maximum atomic E-state index is 13.1. The van der Waals surface area contributed by atoms with Crippen LogP contribution in [0.25, 0.3) is 11.3 Å². The van der Waals surface area contributed by atoms with E-state index in [-0.39, 0.29) is 29.5 Å². The van der Waals surface area contributed by atoms with Crippen LogP contribution in [0.15, 0.2) is 36.7 Å². The predicted molar refractivity (Wildman–Crippen MR) is 137 cm³/mol. The Kier molecular flexibility index (Phi) is 6.62. The lowest BCUT2D eigenvalue weighted by Gasteiger charge is -2.45. The lowest BCUT2D eigenvalue weighted by Crippen LogP contribution is -2.42. The number of carbonyl (C=O) groups excluding carboxylic acids is 2. The molecule has 5 rings (SSSR count). The van der Waals surface area contributed by atoms with Gasteiger partial charge in [-0.3, -0.25) is 14.3 Å². The number of halogens is 3. The molecule has 0 atom stereocenters. The van der Waals surface area contributed by atoms with Gasteiger partial charge in [0.1, 0.15) is 17.1 Å². The van der Waals surface area contributed by atoms with Crippen molar-refractivity contribution in [1.82, 2.24) is 24.5 Å². The third-order valence-corrected chi connectivity index (χ3v) is 7.54. The third-order valence-electron chi connectivity index (χ3n) is 7.54. The molecular formula is C27H28F3N7O2. The zero-order chi connectivity index (χ0) is 27.9. The largest absolute Gasteiger partial charge is 0.416 e. The zero-order valence-corrected chi connectivity index (χ0v) is 21.5. The van der Waals surface area contributed by atoms with Crippen LogP contribution in [-0.4, -0.2) is 56.4 Å². The van der Waals surface area contributed by atoms with Crippen molar-refractivity contribution in [2.75, 3.05) is 25.5 Å². The van der Waals surface area contributed by atoms with E-state index in [0.29, 0.717) is 35.7 Å². The average molecular weight is 540 g/mol. The molecule has 0 unspecified atom stereocenters. The van der Waals surface area contributed by atoms with Gasteiger partial charge in [-0.05, 0) is 55.2 Å². The molecule has 1 aliphatic heterocycles. The van der Waals surface area contributed by atoms with Crippen LogP contribution in [0, 0.1) is 17.3 Å². The van der Waals surface area contributed by atoms with Crippen molar-refractivity contribution >= 4 is 17.6 Å². The summed E-state index contributed by atoms with van der Waals surface area (Å²) in [7, 11) is 1.69. The summed E-state index contributed by atoms with van der Waals surface area (Å²) in [6.07, 6.45) is 1.18. The van der Waals surface area contributed by atoms with Gasteiger partial charge in [0.15, 0.2) is 0 Å². The molecule has 2 aromatic heterocycles. The fourth-order valence-corrected chi connectivity index (χ4v) is 5.72. The second-order valence-electron chi connectivity index (χ2n) is 10.2. The van der Waals surface area contributed by atoms with Crippen molar-refractivity contribution in [2.45, 2.75) is 44.9 Å². The monoisotopic (exact) mass is 539 g/mol. The van der Waals surface area contributed by atoms with Crippen molar-refractivity contribution in [3.63, 3.8) is 0 Å². The Morgan fingerprint density at radius 2 is 2.05 bits per heavy atom. The van der Waals surface area contributed by atoms with E-state index in [1.807, 2.05) is 0 Å². The number of amides is 2. The van der Waals surface area contributed by atoms with Gasteiger partial charge in [-0.15, -0.1) is 0 Å². The summed E-state index contributed by atoms with van der Waals surface area (Å²) in [5.74, 6) is 4.94. The average Bonchev–Trinajstić information content (AvgIpc) is 3.59. The summed E-state index contributed by atoms with van der Waals surface area (Å²) in [6, 6.07) is 5.07. The highest BCUT2D eigenvalue weighted by Gasteiger charge is 2.51. The Hall–Kier alpha value is -4.27. The molecule has 204 valence electrons. The highest BCUT2D eigenvalue weighted by molar-refractivity contribution is 6.03. The first-order valence-electron chi connectivity index (χ1n) is 12.5. The molecule has 1 spiro atoms. The van der Waals surface area contributed by atoms with Crippen LogP contribution in [0.3, 0.4) is 0 Å². The Balaban J connectivity index is 1.38. The maximum Gasteiger partial charge on any atom is 0.416 e. The third kappa shape index (κ3) is 4.96. The molecule has 1 aromatic carbocycles. The minimum absolute atomic E-state index is 0.00437. The lowest BCUT2D eigenvalue weighted by molar-refractivity contribution is -0.137. The van der Waals surface area contributed by atoms with Crippen LogP contribution in [0.1, 0.15) is 53.7 Å². The molecule has 3 heterocycles. The first-order chi connectivity index (χ1) is 18.5. The maximum absolute atomic E-state index is 13.1. The van der Waals surface area contributed by atoms with Gasteiger partial charge < -0.3 is 16.0 Å². The highest BCUT2D eigenvalue weighted by Crippen LogP contribution is 2.55. The Morgan fingerprint density at radius 1 is 1.28 bits per heavy atom. The standard InChI is InChI=1S/C27H28F3N7O2/c1-3-5-21(38)35-9-8-26(16-35)11-20(12-26)37-25(32-2)22(24(31)39)23(34-37)18-13-33-36(15-18)14-17-6-4-7-19(10-17)27(28,29)30/h4,6-7,10,13,15,20,32H,8-9,11-12,14,16H2,1-2H3,(H2,31,39). The van der Waals surface area contributed by atoms with Crippen molar-refractivity contribution < 1.29 is 22.8 Å². The number of anilines is 1. The molecule has 1 saturated carbocycles. The van der Waals surface area contributed by atoms with Gasteiger partial charge in [0, 0.05) is 31.9 Å². The zero-order valence-electron chi connectivity index (χ0n) is 21.5. The number of nitrogens with two attached hydrogens (primary N) is 1. The highest BCUT2D eigenvalue weighted by atomic mass is 19.4. The van der Waals surface area contributed by atoms with E-state index in [0.717, 1.165) is 31.4 Å². The predicted octanol–water partition coefficient (Wildman–Crippen LogP) is 3.53. The first-order valence-corrected chi connectivity index (χ1v) is 12.5. The van der Waals surface area contributed by atoms with Gasteiger partial charge in [0.25, 0.3) is 11.8 Å². The van der Waals surface area contributed by atoms with Crippen molar-refractivity contribution in [1.29, 1.82) is 0 Å². The number of likely N-dealkylation sites (tertiary alicyclic amines) is 1. The van der Waals surface area contributed by atoms with E-state index < -0.39 is 17.6 Å². The summed E-state index contributed by atoms with van der Waals surface area (Å²) < 4.78 is 42.6. The van der Waals surface area contributed by atoms with Gasteiger partial charge in [0.2, 0.25) is 0 Å². The molecule has 3 aromatic rings. The quantitative estimate of drug-likeness (QED) is 0.466. The lowest BCUT2D eigenvalue weighted by atomic mass is 9.65. The molecule has 12 heteroatoms. The first kappa shape index (κ1) is 26.3. The number of benzene rings is 1. The Morgan fingerprint density at radius 3 is 2.72 bits per heavy atom. The van der Waals surface area contributed by atoms with Crippen LogP contribution in [0.5, 0.6) is 0 Å². The normalized spacial score (nSPS) is 20.4. The smallest absolute Gasteiger partial charge is 0.373 e. The minimum atomic E-state index is -4.44. The van der Waals surface area contributed by atoms with Crippen LogP contribution >= 0.6 is 0 Å². The Labute approximate surface area is 223 Å². The van der Waals surface area contributed by atoms with Crippen LogP contribution in [-0.2, 0) is 17.5 Å². The second-order valence-corrected chi connectivity index (χ2v) is 10.2. The van der Waals surface area contributed by atoms with Crippen LogP contribution in [0.4, 0.5) is 19.0 Å². The number of nitrogens with zero attached hydrogens (tertiary/aromatic N) is 5. The molecular weight excluding hydrogens is 511 g/mol. The van der Waals surface area contributed by atoms with Gasteiger partial charge in [-0.2, -0.15) is 23.4 Å². The van der Waals surface area contributed by atoms with E-state index in [2.05, 4.69) is 22.3 Å². The van der Waals surface area contributed by atoms with E-state index in [9.17, 15) is 22.8 Å². The molecule has 2 amide bonds. The Bertz CT molecular complexity index is 1490. The van der Waals surface area contributed by atoms with Crippen molar-refractivity contribution in [3.05, 3.63) is 53.3 Å². The van der Waals surface area contributed by atoms with Crippen molar-refractivity contribution in [3.8, 4) is 23.1 Å². The fraction of sp³-hybridized carbons (Fsp3) is 0.407. The molecule has 0 radical (unpaired) electrons. The van der Waals surface area contributed by atoms with E-state index in [4.69, 9.17) is 10.8 Å². The molecule has 39 heavy (non-hydrogen) atoms. The summed E-state index contributed by atoms with van der Waals surface area (Å²) in [5, 5.41) is 12.1. The number of carbonyl (C=O) groups is 2. The topological polar surface area (TPSA) is 111 Å². The van der Waals surface area contributed by atoms with Crippen molar-refractivity contribution in [2.24, 2.45) is 11.1 Å². The molecule has 1 aliphatic carbocycles. The number of hydrogen-bond acceptors (Lipinski definition) is 5. The van der Waals surface area contributed by atoms with Gasteiger partial charge >= 0.3 is 6.18 Å². The fourth-order valence-electron chi connectivity index (χ4n) is 5.72. The van der Waals surface area contributed by atoms with E-state index >= 15 is 0 Å². The SMILES string of the molecule is CC#CC(=O)N1CCC2(CC(n3nc(-c4cnn(Cc5cccc(C(F)(F)F)c5)c4)c(C(N)=O)c3NC)C2)C1. The molecule has 9 nitrogen and oxygen atoms in total. The number of hydrogen-bond donors (Lipinski definition) is 2. The van der Waals surface area contributed by atoms with Gasteiger partial charge in [0.05, 0.1) is 24.3 Å². The summed E-state index contributed by atoms with van der Waals surface area (Å²) in [4.78, 5) is 26.5. The van der Waals surface area contributed by atoms with Crippen LogP contribution in [0.2, 0.25) is 0 Å². The number of primary amides is 1. The molecule has 3 N–H and O–H groups in total. The summed E-state index contributed by atoms with van der Waals surface area (Å²) >= 11 is 0. The molecule has 2 aliphatic rings. The number of aromatic nitrogens is 4. The molecule has 0 bridgehead atoms. The summed E-state index contributed by atoms with van der Waals surface area (Å²) in [6.45, 7) is 3.06. The number of alkyl halides is 3. The van der Waals surface area contributed by atoms with Crippen LogP contribution < -0.4 is 11.1 Å². The molecule has 1 saturated heterocycles. The molecule has 2 fully saturated rings. The van der Waals surface area contributed by atoms with Gasteiger partial charge in [-0.1, -0.05) is 18.1 Å². The summed E-state index contributed by atoms with van der Waals surface area (Å²) in [5.41, 5.74) is 6.56. The minimum Gasteiger partial charge on any atom is -0.373 e. The second kappa shape index (κ2) is 9.80. The number of nitrogens with one attached hydrogen (secondary N) is 1. The van der Waals surface area contributed by atoms with E-state index in [1.165, 1.54) is 16.9 Å².